The summed E-state index contributed by atoms with van der Waals surface area (Å²) in [5.41, 5.74) is 1.93. The Hall–Kier alpha value is -3.95. The summed E-state index contributed by atoms with van der Waals surface area (Å²) in [6.45, 7) is -0.797. The summed E-state index contributed by atoms with van der Waals surface area (Å²) < 4.78 is 28.1. The van der Waals surface area contributed by atoms with E-state index in [9.17, 15) is 13.6 Å². The van der Waals surface area contributed by atoms with Gasteiger partial charge in [0, 0.05) is 36.6 Å². The molecule has 1 aliphatic rings. The van der Waals surface area contributed by atoms with Crippen molar-refractivity contribution in [3.63, 3.8) is 0 Å². The van der Waals surface area contributed by atoms with Crippen LogP contribution in [-0.2, 0) is 7.05 Å². The lowest BCUT2D eigenvalue weighted by atomic mass is 10.1. The van der Waals surface area contributed by atoms with Gasteiger partial charge in [-0.2, -0.15) is 0 Å². The van der Waals surface area contributed by atoms with Crippen molar-refractivity contribution in [2.24, 2.45) is 7.05 Å². The van der Waals surface area contributed by atoms with Crippen molar-refractivity contribution in [1.29, 1.82) is 0 Å². The van der Waals surface area contributed by atoms with E-state index in [1.807, 2.05) is 17.7 Å². The molecule has 1 amide bonds. The monoisotopic (exact) mass is 421 g/mol. The van der Waals surface area contributed by atoms with E-state index < -0.39 is 24.9 Å². The molecule has 1 aliphatic heterocycles. The summed E-state index contributed by atoms with van der Waals surface area (Å²) in [4.78, 5) is 31.0. The fourth-order valence-corrected chi connectivity index (χ4v) is 3.45. The van der Waals surface area contributed by atoms with Crippen LogP contribution in [0.25, 0.3) is 22.2 Å². The van der Waals surface area contributed by atoms with Crippen LogP contribution in [-0.4, -0.2) is 49.4 Å². The van der Waals surface area contributed by atoms with E-state index in [2.05, 4.69) is 25.3 Å². The van der Waals surface area contributed by atoms with E-state index in [0.29, 0.717) is 17.2 Å². The van der Waals surface area contributed by atoms with Gasteiger partial charge in [0.15, 0.2) is 0 Å². The molecular weight excluding hydrogens is 404 g/mol. The number of halogens is 2. The van der Waals surface area contributed by atoms with Crippen LogP contribution in [0, 0.1) is 0 Å². The van der Waals surface area contributed by atoms with Crippen LogP contribution in [0.3, 0.4) is 0 Å². The Morgan fingerprint density at radius 3 is 2.61 bits per heavy atom. The Morgan fingerprint density at radius 1 is 1.06 bits per heavy atom. The van der Waals surface area contributed by atoms with Crippen molar-refractivity contribution >= 4 is 28.3 Å². The minimum absolute atomic E-state index is 0.312. The lowest BCUT2D eigenvalue weighted by Gasteiger charge is -2.39. The molecule has 0 spiro atoms. The highest BCUT2D eigenvalue weighted by Gasteiger charge is 2.44. The van der Waals surface area contributed by atoms with Gasteiger partial charge in [-0.15, -0.1) is 0 Å². The number of aryl methyl sites for hydroxylation is 1. The zero-order chi connectivity index (χ0) is 21.6. The molecule has 4 aromatic rings. The normalized spacial score (nSPS) is 15.0. The molecule has 0 bridgehead atoms. The maximum absolute atomic E-state index is 13.1. The van der Waals surface area contributed by atoms with Crippen molar-refractivity contribution in [2.75, 3.05) is 23.3 Å². The predicted octanol–water partition coefficient (Wildman–Crippen LogP) is 3.13. The summed E-state index contributed by atoms with van der Waals surface area (Å²) in [7, 11) is 1.89. The minimum atomic E-state index is -2.71. The van der Waals surface area contributed by atoms with Gasteiger partial charge in [0.1, 0.15) is 11.6 Å². The number of imidazole rings is 1. The molecule has 0 unspecified atom stereocenters. The summed E-state index contributed by atoms with van der Waals surface area (Å²) >= 11 is 0. The lowest BCUT2D eigenvalue weighted by Crippen LogP contribution is -2.56. The number of anilines is 2. The number of alkyl halides is 2. The van der Waals surface area contributed by atoms with Gasteiger partial charge in [-0.3, -0.25) is 9.78 Å². The van der Waals surface area contributed by atoms with Crippen molar-refractivity contribution in [3.8, 4) is 11.4 Å². The van der Waals surface area contributed by atoms with Gasteiger partial charge in [0.25, 0.3) is 11.8 Å². The van der Waals surface area contributed by atoms with Crippen LogP contribution in [0.5, 0.6) is 0 Å². The molecule has 1 fully saturated rings. The molecule has 0 atom stereocenters. The van der Waals surface area contributed by atoms with Crippen LogP contribution < -0.4 is 10.2 Å². The van der Waals surface area contributed by atoms with E-state index >= 15 is 0 Å². The molecule has 1 N–H and O–H groups in total. The van der Waals surface area contributed by atoms with Crippen molar-refractivity contribution < 1.29 is 13.6 Å². The number of aromatic nitrogens is 5. The molecule has 10 heteroatoms. The third kappa shape index (κ3) is 3.67. The number of hydrogen-bond donors (Lipinski definition) is 1. The Labute approximate surface area is 175 Å². The highest BCUT2D eigenvalue weighted by molar-refractivity contribution is 6.05. The third-order valence-electron chi connectivity index (χ3n) is 5.10. The highest BCUT2D eigenvalue weighted by atomic mass is 19.3. The molecule has 0 aromatic carbocycles. The van der Waals surface area contributed by atoms with Gasteiger partial charge in [-0.25, -0.2) is 23.7 Å². The first-order chi connectivity index (χ1) is 14.9. The molecular formula is C21H17F2N7O. The number of amides is 1. The summed E-state index contributed by atoms with van der Waals surface area (Å²) in [6.07, 6.45) is 8.20. The summed E-state index contributed by atoms with van der Waals surface area (Å²) in [5.74, 6) is -2.40. The largest absolute Gasteiger partial charge is 0.344 e. The molecule has 0 aliphatic carbocycles. The summed E-state index contributed by atoms with van der Waals surface area (Å²) in [5, 5.41) is 4.44. The SMILES string of the molecule is Cn1cncc1-c1cc2cc(NC(=O)c3ccnc(N4CC(F)(F)C4)c3)ncc2cn1. The molecule has 156 valence electrons. The standard InChI is InChI=1S/C21H17F2N7O/c1-29-12-24-9-17(29)16-4-14-5-18(27-8-15(14)7-26-16)28-20(31)13-2-3-25-19(6-13)30-10-21(22,23)11-30/h2-9,12H,10-11H2,1H3,(H,27,28,31). The number of pyridine rings is 3. The van der Waals surface area contributed by atoms with Crippen LogP contribution in [0.4, 0.5) is 20.4 Å². The van der Waals surface area contributed by atoms with E-state index in [1.54, 1.807) is 31.0 Å². The number of carbonyl (C=O) groups is 1. The number of rotatable bonds is 4. The Bertz CT molecular complexity index is 1300. The number of carbonyl (C=O) groups excluding carboxylic acids is 1. The van der Waals surface area contributed by atoms with Crippen LogP contribution in [0.15, 0.2) is 55.4 Å². The highest BCUT2D eigenvalue weighted by Crippen LogP contribution is 2.31. The van der Waals surface area contributed by atoms with Gasteiger partial charge < -0.3 is 14.8 Å². The fraction of sp³-hybridized carbons (Fsp3) is 0.190. The molecule has 1 saturated heterocycles. The zero-order valence-corrected chi connectivity index (χ0v) is 16.5. The number of hydrogen-bond acceptors (Lipinski definition) is 6. The van der Waals surface area contributed by atoms with Crippen molar-refractivity contribution in [3.05, 3.63) is 60.9 Å². The average Bonchev–Trinajstić information content (AvgIpc) is 3.17. The first-order valence-electron chi connectivity index (χ1n) is 9.51. The van der Waals surface area contributed by atoms with Crippen LogP contribution in [0.2, 0.25) is 0 Å². The first-order valence-corrected chi connectivity index (χ1v) is 9.51. The molecule has 31 heavy (non-hydrogen) atoms. The Balaban J connectivity index is 1.37. The fourth-order valence-electron chi connectivity index (χ4n) is 3.45. The molecule has 4 aromatic heterocycles. The molecule has 0 radical (unpaired) electrons. The second kappa shape index (κ2) is 7.08. The van der Waals surface area contributed by atoms with Crippen LogP contribution >= 0.6 is 0 Å². The molecule has 8 nitrogen and oxygen atoms in total. The van der Waals surface area contributed by atoms with E-state index in [-0.39, 0.29) is 0 Å². The van der Waals surface area contributed by atoms with Gasteiger partial charge >= 0.3 is 0 Å². The van der Waals surface area contributed by atoms with Gasteiger partial charge in [0.05, 0.1) is 37.0 Å². The number of fused-ring (bicyclic) bond motifs is 1. The Morgan fingerprint density at radius 2 is 1.87 bits per heavy atom. The quantitative estimate of drug-likeness (QED) is 0.545. The molecule has 5 heterocycles. The smallest absolute Gasteiger partial charge is 0.282 e. The summed E-state index contributed by atoms with van der Waals surface area (Å²) in [6, 6.07) is 6.68. The van der Waals surface area contributed by atoms with Gasteiger partial charge in [-0.1, -0.05) is 0 Å². The second-order valence-electron chi connectivity index (χ2n) is 7.44. The third-order valence-corrected chi connectivity index (χ3v) is 5.10. The minimum Gasteiger partial charge on any atom is -0.344 e. The van der Waals surface area contributed by atoms with Gasteiger partial charge in [-0.05, 0) is 29.7 Å². The molecule has 5 rings (SSSR count). The predicted molar refractivity (Wildman–Crippen MR) is 111 cm³/mol. The molecule has 0 saturated carbocycles. The van der Waals surface area contributed by atoms with Gasteiger partial charge in [0.2, 0.25) is 0 Å². The van der Waals surface area contributed by atoms with Crippen molar-refractivity contribution in [2.45, 2.75) is 5.92 Å². The maximum atomic E-state index is 13.1. The lowest BCUT2D eigenvalue weighted by molar-refractivity contribution is -0.0267. The zero-order valence-electron chi connectivity index (χ0n) is 16.5. The van der Waals surface area contributed by atoms with E-state index in [0.717, 1.165) is 22.2 Å². The van der Waals surface area contributed by atoms with E-state index in [1.165, 1.54) is 23.2 Å². The number of nitrogens with one attached hydrogen (secondary N) is 1. The maximum Gasteiger partial charge on any atom is 0.282 e. The topological polar surface area (TPSA) is 88.8 Å². The Kier molecular flexibility index (Phi) is 4.35. The first kappa shape index (κ1) is 19.0. The number of nitrogens with zero attached hydrogens (tertiary/aromatic N) is 6. The second-order valence-corrected chi connectivity index (χ2v) is 7.44. The van der Waals surface area contributed by atoms with Crippen LogP contribution in [0.1, 0.15) is 10.4 Å². The van der Waals surface area contributed by atoms with Crippen molar-refractivity contribution in [1.82, 2.24) is 24.5 Å². The average molecular weight is 421 g/mol. The van der Waals surface area contributed by atoms with E-state index in [4.69, 9.17) is 0 Å².